The topological polar surface area (TPSA) is 53.2 Å². The van der Waals surface area contributed by atoms with Crippen LogP contribution in [0.1, 0.15) is 5.69 Å². The quantitative estimate of drug-likeness (QED) is 0.870. The average molecular weight is 315 g/mol. The molecule has 0 spiro atoms. The maximum Gasteiger partial charge on any atom is 0.330 e. The van der Waals surface area contributed by atoms with Crippen molar-refractivity contribution in [1.82, 2.24) is 9.13 Å². The summed E-state index contributed by atoms with van der Waals surface area (Å²) in [5.41, 5.74) is -0.315. The SMILES string of the molecule is Cn1c(COc2cc(Cl)cc(Cl)c2)cc(=O)n(C)c1=O. The Morgan fingerprint density at radius 3 is 2.20 bits per heavy atom. The monoisotopic (exact) mass is 314 g/mol. The van der Waals surface area contributed by atoms with Gasteiger partial charge in [-0.1, -0.05) is 23.2 Å². The van der Waals surface area contributed by atoms with Crippen molar-refractivity contribution in [2.45, 2.75) is 6.61 Å². The van der Waals surface area contributed by atoms with Crippen LogP contribution in [-0.2, 0) is 20.7 Å². The molecule has 0 unspecified atom stereocenters. The average Bonchev–Trinajstić information content (AvgIpc) is 2.38. The van der Waals surface area contributed by atoms with E-state index in [9.17, 15) is 9.59 Å². The molecular weight excluding hydrogens is 303 g/mol. The number of hydrogen-bond acceptors (Lipinski definition) is 3. The van der Waals surface area contributed by atoms with Crippen molar-refractivity contribution in [1.29, 1.82) is 0 Å². The van der Waals surface area contributed by atoms with E-state index in [4.69, 9.17) is 27.9 Å². The first-order chi connectivity index (χ1) is 9.38. The number of ether oxygens (including phenoxy) is 1. The van der Waals surface area contributed by atoms with E-state index in [1.165, 1.54) is 17.7 Å². The molecule has 2 rings (SSSR count). The van der Waals surface area contributed by atoms with Crippen molar-refractivity contribution >= 4 is 23.2 Å². The van der Waals surface area contributed by atoms with Gasteiger partial charge in [-0.15, -0.1) is 0 Å². The van der Waals surface area contributed by atoms with Crippen LogP contribution >= 0.6 is 23.2 Å². The van der Waals surface area contributed by atoms with Crippen molar-refractivity contribution in [2.75, 3.05) is 0 Å². The molecule has 5 nitrogen and oxygen atoms in total. The summed E-state index contributed by atoms with van der Waals surface area (Å²) in [5, 5.41) is 0.899. The van der Waals surface area contributed by atoms with E-state index in [-0.39, 0.29) is 12.2 Å². The smallest absolute Gasteiger partial charge is 0.330 e. The molecule has 0 saturated carbocycles. The van der Waals surface area contributed by atoms with E-state index in [1.54, 1.807) is 25.2 Å². The van der Waals surface area contributed by atoms with Crippen LogP contribution in [0.25, 0.3) is 0 Å². The molecule has 1 heterocycles. The molecule has 1 aromatic carbocycles. The van der Waals surface area contributed by atoms with Gasteiger partial charge in [-0.3, -0.25) is 13.9 Å². The highest BCUT2D eigenvalue weighted by molar-refractivity contribution is 6.34. The van der Waals surface area contributed by atoms with Gasteiger partial charge in [0.15, 0.2) is 0 Å². The van der Waals surface area contributed by atoms with Gasteiger partial charge in [-0.05, 0) is 18.2 Å². The molecule has 1 aromatic heterocycles. The van der Waals surface area contributed by atoms with Gasteiger partial charge in [0.2, 0.25) is 0 Å². The van der Waals surface area contributed by atoms with Crippen molar-refractivity contribution in [3.05, 3.63) is 60.8 Å². The fourth-order valence-electron chi connectivity index (χ4n) is 1.69. The summed E-state index contributed by atoms with van der Waals surface area (Å²) in [6.07, 6.45) is 0. The Morgan fingerprint density at radius 1 is 1.00 bits per heavy atom. The van der Waals surface area contributed by atoms with Gasteiger partial charge in [0.1, 0.15) is 12.4 Å². The first-order valence-electron chi connectivity index (χ1n) is 5.73. The summed E-state index contributed by atoms with van der Waals surface area (Å²) in [7, 11) is 3.00. The predicted molar refractivity (Wildman–Crippen MR) is 77.7 cm³/mol. The minimum atomic E-state index is -0.403. The van der Waals surface area contributed by atoms with E-state index in [1.807, 2.05) is 0 Å². The highest BCUT2D eigenvalue weighted by Gasteiger charge is 2.07. The number of nitrogens with zero attached hydrogens (tertiary/aromatic N) is 2. The maximum absolute atomic E-state index is 11.8. The number of aromatic nitrogens is 2. The zero-order valence-corrected chi connectivity index (χ0v) is 12.4. The first-order valence-corrected chi connectivity index (χ1v) is 6.49. The molecule has 0 amide bonds. The molecule has 2 aromatic rings. The fourth-order valence-corrected chi connectivity index (χ4v) is 2.19. The van der Waals surface area contributed by atoms with Crippen LogP contribution in [0.4, 0.5) is 0 Å². The number of benzene rings is 1. The van der Waals surface area contributed by atoms with Crippen molar-refractivity contribution in [2.24, 2.45) is 14.1 Å². The van der Waals surface area contributed by atoms with Crippen LogP contribution in [0.5, 0.6) is 5.75 Å². The lowest BCUT2D eigenvalue weighted by atomic mass is 10.3. The Morgan fingerprint density at radius 2 is 1.60 bits per heavy atom. The third-order valence-electron chi connectivity index (χ3n) is 2.85. The van der Waals surface area contributed by atoms with Crippen LogP contribution in [-0.4, -0.2) is 9.13 Å². The molecule has 0 atom stereocenters. The van der Waals surface area contributed by atoms with Gasteiger partial charge in [0, 0.05) is 30.2 Å². The molecule has 0 radical (unpaired) electrons. The van der Waals surface area contributed by atoms with Crippen LogP contribution in [0, 0.1) is 0 Å². The van der Waals surface area contributed by atoms with Gasteiger partial charge in [0.05, 0.1) is 5.69 Å². The summed E-state index contributed by atoms with van der Waals surface area (Å²) in [6.45, 7) is 0.0679. The van der Waals surface area contributed by atoms with E-state index >= 15 is 0 Å². The second-order valence-electron chi connectivity index (χ2n) is 4.27. The molecular formula is C13H12Cl2N2O3. The van der Waals surface area contributed by atoms with Gasteiger partial charge in [-0.2, -0.15) is 0 Å². The van der Waals surface area contributed by atoms with Gasteiger partial charge < -0.3 is 4.74 Å². The van der Waals surface area contributed by atoms with Crippen LogP contribution < -0.4 is 16.0 Å². The lowest BCUT2D eigenvalue weighted by Crippen LogP contribution is -2.38. The molecule has 0 aliphatic heterocycles. The predicted octanol–water partition coefficient (Wildman–Crippen LogP) is 1.97. The molecule has 0 saturated heterocycles. The molecule has 0 aliphatic carbocycles. The third kappa shape index (κ3) is 3.05. The molecule has 7 heteroatoms. The zero-order valence-electron chi connectivity index (χ0n) is 10.9. The Balaban J connectivity index is 2.28. The summed E-state index contributed by atoms with van der Waals surface area (Å²) < 4.78 is 7.89. The molecule has 0 bridgehead atoms. The molecule has 106 valence electrons. The van der Waals surface area contributed by atoms with Gasteiger partial charge >= 0.3 is 5.69 Å². The Labute approximate surface area is 124 Å². The normalized spacial score (nSPS) is 10.6. The van der Waals surface area contributed by atoms with Crippen LogP contribution in [0.2, 0.25) is 10.0 Å². The van der Waals surface area contributed by atoms with Gasteiger partial charge in [-0.25, -0.2) is 4.79 Å². The second kappa shape index (κ2) is 5.73. The van der Waals surface area contributed by atoms with Crippen LogP contribution in [0.3, 0.4) is 0 Å². The number of halogens is 2. The third-order valence-corrected chi connectivity index (χ3v) is 3.28. The highest BCUT2D eigenvalue weighted by atomic mass is 35.5. The highest BCUT2D eigenvalue weighted by Crippen LogP contribution is 2.24. The Kier molecular flexibility index (Phi) is 4.20. The number of rotatable bonds is 3. The van der Waals surface area contributed by atoms with Crippen molar-refractivity contribution in [3.63, 3.8) is 0 Å². The van der Waals surface area contributed by atoms with E-state index in [0.717, 1.165) is 4.57 Å². The van der Waals surface area contributed by atoms with E-state index in [2.05, 4.69) is 0 Å². The largest absolute Gasteiger partial charge is 0.487 e. The summed E-state index contributed by atoms with van der Waals surface area (Å²) in [6, 6.07) is 6.15. The van der Waals surface area contributed by atoms with Crippen LogP contribution in [0.15, 0.2) is 33.9 Å². The van der Waals surface area contributed by atoms with E-state index < -0.39 is 5.69 Å². The number of hydrogen-bond donors (Lipinski definition) is 0. The Bertz CT molecular complexity index is 745. The van der Waals surface area contributed by atoms with Crippen molar-refractivity contribution in [3.8, 4) is 5.75 Å². The summed E-state index contributed by atoms with van der Waals surface area (Å²) in [5.74, 6) is 0.468. The summed E-state index contributed by atoms with van der Waals surface area (Å²) >= 11 is 11.7. The standard InChI is InChI=1S/C13H12Cl2N2O3/c1-16-10(6-12(18)17(2)13(16)19)7-20-11-4-8(14)3-9(15)5-11/h3-6H,7H2,1-2H3. The van der Waals surface area contributed by atoms with E-state index in [0.29, 0.717) is 21.5 Å². The lowest BCUT2D eigenvalue weighted by molar-refractivity contribution is 0.293. The second-order valence-corrected chi connectivity index (χ2v) is 5.14. The minimum Gasteiger partial charge on any atom is -0.487 e. The maximum atomic E-state index is 11.8. The molecule has 20 heavy (non-hydrogen) atoms. The minimum absolute atomic E-state index is 0.0679. The molecule has 0 aliphatic rings. The first kappa shape index (κ1) is 14.7. The lowest BCUT2D eigenvalue weighted by Gasteiger charge is -2.11. The molecule has 0 N–H and O–H groups in total. The fraction of sp³-hybridized carbons (Fsp3) is 0.231. The molecule has 0 fully saturated rings. The Hall–Kier alpha value is -1.72. The zero-order chi connectivity index (χ0) is 14.9. The van der Waals surface area contributed by atoms with Crippen molar-refractivity contribution < 1.29 is 4.74 Å². The van der Waals surface area contributed by atoms with Gasteiger partial charge in [0.25, 0.3) is 5.56 Å². The summed E-state index contributed by atoms with van der Waals surface area (Å²) in [4.78, 5) is 23.3.